The SMILES string of the molecule is Cc1ccc(C2=CC(c3ccc(C)cc3)=N/C2=C(/c2cccc3sccc23)c2c(-c3ccc(C)cc3)cc(-c3ccc(C)cc3)n2B(F)F)cc1. The highest BCUT2D eigenvalue weighted by molar-refractivity contribution is 7.17. The lowest BCUT2D eigenvalue weighted by atomic mass is 9.88. The summed E-state index contributed by atoms with van der Waals surface area (Å²) >= 11 is 1.64. The molecule has 0 unspecified atom stereocenters. The number of aryl methyl sites for hydroxylation is 4. The number of aromatic nitrogens is 1. The molecule has 1 aliphatic rings. The molecule has 0 N–H and O–H groups in total. The standard InChI is InChI=1S/C45H35BF2N2S/c1-28-8-16-32(17-9-28)38-26-40(34-20-12-30(3)13-21-34)49-44(38)43(37-6-5-7-42-36(37)24-25-51-42)45-39(33-18-10-29(2)11-19-33)27-41(50(45)46(47)48)35-22-14-31(4)15-23-35/h5-27H,1-4H3/b44-43-. The van der Waals surface area contributed by atoms with Gasteiger partial charge in [-0.05, 0) is 79.6 Å². The number of hydrogen-bond donors (Lipinski definition) is 0. The minimum Gasteiger partial charge on any atom is -0.324 e. The molecule has 0 amide bonds. The van der Waals surface area contributed by atoms with Crippen molar-refractivity contribution in [2.75, 3.05) is 0 Å². The van der Waals surface area contributed by atoms with E-state index in [9.17, 15) is 0 Å². The van der Waals surface area contributed by atoms with Crippen molar-refractivity contribution < 1.29 is 8.63 Å². The third-order valence-corrected chi connectivity index (χ3v) is 10.5. The van der Waals surface area contributed by atoms with Crippen molar-refractivity contribution in [2.45, 2.75) is 27.7 Å². The zero-order valence-corrected chi connectivity index (χ0v) is 29.7. The molecule has 7 aromatic rings. The van der Waals surface area contributed by atoms with Gasteiger partial charge in [0.25, 0.3) is 0 Å². The average Bonchev–Trinajstić information content (AvgIpc) is 3.88. The molecule has 0 fully saturated rings. The fourth-order valence-electron chi connectivity index (χ4n) is 6.90. The molecule has 5 aromatic carbocycles. The summed E-state index contributed by atoms with van der Waals surface area (Å²) < 4.78 is 34.3. The first-order valence-electron chi connectivity index (χ1n) is 17.1. The van der Waals surface area contributed by atoms with Gasteiger partial charge in [-0.1, -0.05) is 131 Å². The summed E-state index contributed by atoms with van der Waals surface area (Å²) in [6.07, 6.45) is 2.11. The van der Waals surface area contributed by atoms with E-state index in [-0.39, 0.29) is 0 Å². The maximum Gasteiger partial charge on any atom is 0.678 e. The normalized spacial score (nSPS) is 13.8. The minimum atomic E-state index is -2.83. The van der Waals surface area contributed by atoms with E-state index in [1.54, 1.807) is 11.3 Å². The summed E-state index contributed by atoms with van der Waals surface area (Å²) in [4.78, 5) is 5.40. The molecule has 6 heteroatoms. The van der Waals surface area contributed by atoms with E-state index >= 15 is 8.63 Å². The summed E-state index contributed by atoms with van der Waals surface area (Å²) in [5, 5.41) is 3.06. The molecule has 0 spiro atoms. The van der Waals surface area contributed by atoms with Crippen LogP contribution in [0.25, 0.3) is 43.6 Å². The highest BCUT2D eigenvalue weighted by Crippen LogP contribution is 2.47. The van der Waals surface area contributed by atoms with Gasteiger partial charge in [0.2, 0.25) is 0 Å². The van der Waals surface area contributed by atoms with Crippen LogP contribution in [-0.4, -0.2) is 17.6 Å². The van der Waals surface area contributed by atoms with Gasteiger partial charge in [0.1, 0.15) is 0 Å². The lowest BCUT2D eigenvalue weighted by Gasteiger charge is -2.20. The number of halogens is 2. The van der Waals surface area contributed by atoms with Crippen molar-refractivity contribution in [1.29, 1.82) is 0 Å². The van der Waals surface area contributed by atoms with Crippen molar-refractivity contribution in [1.82, 2.24) is 4.48 Å². The second-order valence-corrected chi connectivity index (χ2v) is 14.3. The summed E-state index contributed by atoms with van der Waals surface area (Å²) in [6.45, 7) is 8.17. The van der Waals surface area contributed by atoms with E-state index < -0.39 is 7.40 Å². The van der Waals surface area contributed by atoms with Crippen molar-refractivity contribution in [3.63, 3.8) is 0 Å². The molecule has 0 aliphatic carbocycles. The molecule has 0 atom stereocenters. The summed E-state index contributed by atoms with van der Waals surface area (Å²) in [5.74, 6) is 0. The second kappa shape index (κ2) is 13.3. The average molecular weight is 685 g/mol. The van der Waals surface area contributed by atoms with Crippen LogP contribution in [0.15, 0.2) is 150 Å². The molecule has 8 rings (SSSR count). The zero-order valence-electron chi connectivity index (χ0n) is 28.9. The third-order valence-electron chi connectivity index (χ3n) is 9.66. The number of fused-ring (bicyclic) bond motifs is 1. The molecule has 2 nitrogen and oxygen atoms in total. The van der Waals surface area contributed by atoms with E-state index in [1.165, 1.54) is 4.48 Å². The Morgan fingerprint density at radius 3 is 1.76 bits per heavy atom. The van der Waals surface area contributed by atoms with Crippen LogP contribution in [0.2, 0.25) is 0 Å². The van der Waals surface area contributed by atoms with Crippen LogP contribution < -0.4 is 0 Å². The Bertz CT molecular complexity index is 2500. The van der Waals surface area contributed by atoms with Crippen LogP contribution in [0.3, 0.4) is 0 Å². The monoisotopic (exact) mass is 684 g/mol. The van der Waals surface area contributed by atoms with Crippen molar-refractivity contribution in [3.8, 4) is 22.4 Å². The third kappa shape index (κ3) is 6.10. The lowest BCUT2D eigenvalue weighted by Crippen LogP contribution is -2.18. The highest BCUT2D eigenvalue weighted by Gasteiger charge is 2.34. The number of thiophene rings is 1. The molecule has 0 radical (unpaired) electrons. The number of nitrogens with zero attached hydrogens (tertiary/aromatic N) is 2. The smallest absolute Gasteiger partial charge is 0.324 e. The molecule has 2 aromatic heterocycles. The van der Waals surface area contributed by atoms with E-state index in [2.05, 4.69) is 92.0 Å². The fourth-order valence-corrected chi connectivity index (χ4v) is 7.71. The zero-order chi connectivity index (χ0) is 35.2. The van der Waals surface area contributed by atoms with Crippen LogP contribution in [0.4, 0.5) is 8.63 Å². The Kier molecular flexibility index (Phi) is 8.49. The number of benzene rings is 5. The van der Waals surface area contributed by atoms with Crippen molar-refractivity contribution in [3.05, 3.63) is 189 Å². The van der Waals surface area contributed by atoms with E-state index in [0.717, 1.165) is 77.0 Å². The first-order valence-corrected chi connectivity index (χ1v) is 18.0. The molecule has 51 heavy (non-hydrogen) atoms. The molecule has 3 heterocycles. The van der Waals surface area contributed by atoms with Crippen molar-refractivity contribution >= 4 is 45.7 Å². The van der Waals surface area contributed by atoms with Crippen LogP contribution in [-0.2, 0) is 0 Å². The topological polar surface area (TPSA) is 17.3 Å². The fraction of sp³-hybridized carbons (Fsp3) is 0.0889. The van der Waals surface area contributed by atoms with E-state index in [0.29, 0.717) is 22.7 Å². The van der Waals surface area contributed by atoms with Gasteiger partial charge in [-0.3, -0.25) is 8.63 Å². The number of allylic oxidation sites excluding steroid dienone is 2. The van der Waals surface area contributed by atoms with Gasteiger partial charge in [-0.25, -0.2) is 4.99 Å². The molecule has 0 saturated heterocycles. The Balaban J connectivity index is 1.54. The summed E-state index contributed by atoms with van der Waals surface area (Å²) in [5.41, 5.74) is 13.5. The maximum atomic E-state index is 16.0. The van der Waals surface area contributed by atoms with Gasteiger partial charge < -0.3 is 4.48 Å². The van der Waals surface area contributed by atoms with E-state index in [1.807, 2.05) is 74.5 Å². The lowest BCUT2D eigenvalue weighted by molar-refractivity contribution is 0.630. The van der Waals surface area contributed by atoms with Crippen LogP contribution in [0, 0.1) is 27.7 Å². The first kappa shape index (κ1) is 32.6. The summed E-state index contributed by atoms with van der Waals surface area (Å²) in [7, 11) is -2.83. The van der Waals surface area contributed by atoms with Crippen LogP contribution in [0.1, 0.15) is 44.6 Å². The Hall–Kier alpha value is -5.59. The molecule has 0 saturated carbocycles. The first-order chi connectivity index (χ1) is 24.7. The minimum absolute atomic E-state index is 0.435. The van der Waals surface area contributed by atoms with Gasteiger partial charge in [-0.2, -0.15) is 0 Å². The van der Waals surface area contributed by atoms with Gasteiger partial charge in [0.05, 0.1) is 17.1 Å². The maximum absolute atomic E-state index is 16.0. The largest absolute Gasteiger partial charge is 0.678 e. The van der Waals surface area contributed by atoms with Crippen LogP contribution in [0.5, 0.6) is 0 Å². The molecular formula is C45H35BF2N2S. The van der Waals surface area contributed by atoms with Gasteiger partial charge in [0, 0.05) is 38.1 Å². The quantitative estimate of drug-likeness (QED) is 0.149. The Morgan fingerprint density at radius 2 is 1.18 bits per heavy atom. The Labute approximate surface area is 302 Å². The van der Waals surface area contributed by atoms with E-state index in [4.69, 9.17) is 4.99 Å². The van der Waals surface area contributed by atoms with Gasteiger partial charge >= 0.3 is 7.40 Å². The van der Waals surface area contributed by atoms with Gasteiger partial charge in [-0.15, -0.1) is 11.3 Å². The predicted molar refractivity (Wildman–Crippen MR) is 213 cm³/mol. The highest BCUT2D eigenvalue weighted by atomic mass is 32.1. The van der Waals surface area contributed by atoms with Crippen LogP contribution >= 0.6 is 11.3 Å². The van der Waals surface area contributed by atoms with Crippen molar-refractivity contribution in [2.24, 2.45) is 4.99 Å². The molecular weight excluding hydrogens is 649 g/mol. The number of rotatable bonds is 7. The predicted octanol–water partition coefficient (Wildman–Crippen LogP) is 12.4. The Morgan fingerprint density at radius 1 is 0.627 bits per heavy atom. The van der Waals surface area contributed by atoms with Gasteiger partial charge in [0.15, 0.2) is 0 Å². The second-order valence-electron chi connectivity index (χ2n) is 13.3. The molecule has 0 bridgehead atoms. The molecule has 248 valence electrons. The molecule has 1 aliphatic heterocycles. The number of hydrogen-bond acceptors (Lipinski definition) is 2. The summed E-state index contributed by atoms with van der Waals surface area (Å²) in [6, 6.07) is 42.8. The number of aliphatic imine (C=N–C) groups is 1.